The smallest absolute Gasteiger partial charge is 0.412 e. The van der Waals surface area contributed by atoms with Crippen molar-refractivity contribution >= 4 is 44.1 Å². The highest BCUT2D eigenvalue weighted by molar-refractivity contribution is 9.10. The monoisotopic (exact) mass is 466 g/mol. The molecule has 1 aromatic heterocycles. The number of nitrogens with zero attached hydrogens (tertiary/aromatic N) is 1. The Hall–Kier alpha value is -1.03. The second-order valence-electron chi connectivity index (χ2n) is 7.58. The number of aromatic nitrogens is 1. The molecule has 0 saturated carbocycles. The molecule has 1 aromatic carbocycles. The van der Waals surface area contributed by atoms with Gasteiger partial charge in [-0.25, -0.2) is 0 Å². The minimum atomic E-state index is -4.69. The second-order valence-corrected chi connectivity index (χ2v) is 10.5. The van der Waals surface area contributed by atoms with E-state index >= 15 is 0 Å². The minimum Gasteiger partial charge on any atom is -0.598 e. The first kappa shape index (κ1) is 22.3. The first-order chi connectivity index (χ1) is 12.2. The summed E-state index contributed by atoms with van der Waals surface area (Å²) in [5.74, 6) is -0.712. The molecule has 1 heterocycles. The molecule has 1 unspecified atom stereocenters. The number of fused-ring (bicyclic) bond motifs is 1. The van der Waals surface area contributed by atoms with Gasteiger partial charge in [-0.1, -0.05) is 35.8 Å². The highest BCUT2D eigenvalue weighted by Gasteiger charge is 2.47. The van der Waals surface area contributed by atoms with Crippen LogP contribution in [0, 0.1) is 5.92 Å². The molecule has 150 valence electrons. The lowest BCUT2D eigenvalue weighted by Crippen LogP contribution is -2.45. The SMILES string of the molecule is CC(C)C(=O)n1cc([C@H](N[S+]([O-])C(C)(C)C)C(F)(F)F)c2ccc(Br)cc21. The Labute approximate surface area is 167 Å². The number of carbonyl (C=O) groups is 1. The molecule has 9 heteroatoms. The van der Waals surface area contributed by atoms with Gasteiger partial charge in [0.1, 0.15) is 4.75 Å². The topological polar surface area (TPSA) is 57.1 Å². The molecule has 0 fully saturated rings. The molecule has 2 atom stereocenters. The minimum absolute atomic E-state index is 0.128. The molecular weight excluding hydrogens is 445 g/mol. The molecule has 0 spiro atoms. The van der Waals surface area contributed by atoms with Crippen molar-refractivity contribution in [2.45, 2.75) is 51.6 Å². The Balaban J connectivity index is 2.67. The predicted molar refractivity (Wildman–Crippen MR) is 105 cm³/mol. The third kappa shape index (κ3) is 4.88. The van der Waals surface area contributed by atoms with E-state index in [0.717, 1.165) is 0 Å². The number of rotatable bonds is 4. The Kier molecular flexibility index (Phi) is 6.41. The molecule has 0 saturated heterocycles. The average Bonchev–Trinajstić information content (AvgIpc) is 2.87. The summed E-state index contributed by atoms with van der Waals surface area (Å²) in [5, 5.41) is 0.285. The van der Waals surface area contributed by atoms with Crippen LogP contribution in [0.1, 0.15) is 51.0 Å². The van der Waals surface area contributed by atoms with E-state index in [2.05, 4.69) is 20.7 Å². The van der Waals surface area contributed by atoms with E-state index in [9.17, 15) is 22.5 Å². The molecule has 27 heavy (non-hydrogen) atoms. The van der Waals surface area contributed by atoms with Crippen LogP contribution in [0.5, 0.6) is 0 Å². The van der Waals surface area contributed by atoms with Gasteiger partial charge < -0.3 is 4.55 Å². The van der Waals surface area contributed by atoms with Crippen LogP contribution in [-0.2, 0) is 11.4 Å². The normalized spacial score (nSPS) is 15.4. The Morgan fingerprint density at radius 3 is 2.33 bits per heavy atom. The summed E-state index contributed by atoms with van der Waals surface area (Å²) in [4.78, 5) is 12.5. The molecule has 0 bridgehead atoms. The van der Waals surface area contributed by atoms with Gasteiger partial charge in [-0.05, 0) is 32.9 Å². The zero-order chi connectivity index (χ0) is 20.7. The van der Waals surface area contributed by atoms with Crippen LogP contribution < -0.4 is 4.72 Å². The lowest BCUT2D eigenvalue weighted by Gasteiger charge is -2.28. The van der Waals surface area contributed by atoms with Crippen molar-refractivity contribution in [1.29, 1.82) is 0 Å². The van der Waals surface area contributed by atoms with E-state index in [1.54, 1.807) is 46.8 Å². The molecule has 2 rings (SSSR count). The average molecular weight is 467 g/mol. The first-order valence-corrected chi connectivity index (χ1v) is 10.3. The van der Waals surface area contributed by atoms with Crippen molar-refractivity contribution in [2.24, 2.45) is 5.92 Å². The van der Waals surface area contributed by atoms with E-state index < -0.39 is 34.2 Å². The van der Waals surface area contributed by atoms with Gasteiger partial charge in [-0.15, -0.1) is 4.72 Å². The molecule has 2 aromatic rings. The van der Waals surface area contributed by atoms with Gasteiger partial charge in [0, 0.05) is 38.9 Å². The summed E-state index contributed by atoms with van der Waals surface area (Å²) in [7, 11) is 0. The highest BCUT2D eigenvalue weighted by atomic mass is 79.9. The summed E-state index contributed by atoms with van der Waals surface area (Å²) in [6, 6.07) is 2.58. The van der Waals surface area contributed by atoms with Crippen molar-refractivity contribution in [1.82, 2.24) is 9.29 Å². The Morgan fingerprint density at radius 1 is 1.26 bits per heavy atom. The Bertz CT molecular complexity index is 843. The number of hydrogen-bond donors (Lipinski definition) is 1. The van der Waals surface area contributed by atoms with E-state index in [4.69, 9.17) is 0 Å². The van der Waals surface area contributed by atoms with E-state index in [1.165, 1.54) is 16.8 Å². The van der Waals surface area contributed by atoms with Crippen molar-refractivity contribution in [3.63, 3.8) is 0 Å². The fourth-order valence-electron chi connectivity index (χ4n) is 2.51. The van der Waals surface area contributed by atoms with Gasteiger partial charge in [-0.3, -0.25) is 9.36 Å². The summed E-state index contributed by atoms with van der Waals surface area (Å²) >= 11 is 1.35. The van der Waals surface area contributed by atoms with Crippen LogP contribution in [0.3, 0.4) is 0 Å². The van der Waals surface area contributed by atoms with Gasteiger partial charge in [-0.2, -0.15) is 13.2 Å². The summed E-state index contributed by atoms with van der Waals surface area (Å²) in [5.41, 5.74) is 0.243. The molecule has 0 aliphatic heterocycles. The number of halogens is 4. The standard InChI is InChI=1S/C18H22BrF3N2O2S/c1-10(2)16(25)24-9-13(12-7-6-11(19)8-14(12)24)15(18(20,21)22)23-27(26)17(3,4)5/h6-10,15,23H,1-5H3/t15-,27?/m0/s1. The van der Waals surface area contributed by atoms with Gasteiger partial charge in [0.25, 0.3) is 0 Å². The fourth-order valence-corrected chi connectivity index (χ4v) is 3.68. The maximum atomic E-state index is 13.8. The van der Waals surface area contributed by atoms with Crippen LogP contribution in [0.15, 0.2) is 28.9 Å². The van der Waals surface area contributed by atoms with E-state index in [-0.39, 0.29) is 16.9 Å². The zero-order valence-corrected chi connectivity index (χ0v) is 18.1. The van der Waals surface area contributed by atoms with Crippen molar-refractivity contribution in [2.75, 3.05) is 0 Å². The summed E-state index contributed by atoms with van der Waals surface area (Å²) in [6.07, 6.45) is -3.49. The number of benzene rings is 1. The molecule has 0 aliphatic carbocycles. The van der Waals surface area contributed by atoms with Gasteiger partial charge in [0.15, 0.2) is 6.04 Å². The van der Waals surface area contributed by atoms with Gasteiger partial charge in [0.05, 0.1) is 5.52 Å². The quantitative estimate of drug-likeness (QED) is 0.617. The molecular formula is C18H22BrF3N2O2S. The van der Waals surface area contributed by atoms with Crippen LogP contribution in [0.2, 0.25) is 0 Å². The number of hydrogen-bond acceptors (Lipinski definition) is 3. The summed E-state index contributed by atoms with van der Waals surface area (Å²) < 4.78 is 57.1. The molecule has 0 amide bonds. The van der Waals surface area contributed by atoms with E-state index in [0.29, 0.717) is 9.99 Å². The van der Waals surface area contributed by atoms with E-state index in [1.807, 2.05) is 0 Å². The largest absolute Gasteiger partial charge is 0.598 e. The zero-order valence-electron chi connectivity index (χ0n) is 15.6. The molecule has 0 aliphatic rings. The third-order valence-electron chi connectivity index (χ3n) is 3.95. The van der Waals surface area contributed by atoms with Crippen molar-refractivity contribution < 1.29 is 22.5 Å². The third-order valence-corrected chi connectivity index (χ3v) is 6.00. The molecule has 0 radical (unpaired) electrons. The maximum Gasteiger partial charge on any atom is 0.412 e. The lowest BCUT2D eigenvalue weighted by molar-refractivity contribution is -0.152. The van der Waals surface area contributed by atoms with Crippen LogP contribution >= 0.6 is 15.9 Å². The summed E-state index contributed by atoms with van der Waals surface area (Å²) in [6.45, 7) is 8.13. The Morgan fingerprint density at radius 2 is 1.85 bits per heavy atom. The number of carbonyl (C=O) groups excluding carboxylic acids is 1. The van der Waals surface area contributed by atoms with Gasteiger partial charge in [0.2, 0.25) is 5.91 Å². The van der Waals surface area contributed by atoms with Gasteiger partial charge >= 0.3 is 6.18 Å². The lowest BCUT2D eigenvalue weighted by atomic mass is 10.1. The van der Waals surface area contributed by atoms with Crippen LogP contribution in [-0.4, -0.2) is 26.0 Å². The first-order valence-electron chi connectivity index (χ1n) is 8.33. The van der Waals surface area contributed by atoms with Crippen molar-refractivity contribution in [3.8, 4) is 0 Å². The molecule has 1 N–H and O–H groups in total. The van der Waals surface area contributed by atoms with Crippen LogP contribution in [0.25, 0.3) is 10.9 Å². The number of alkyl halides is 3. The molecule has 4 nitrogen and oxygen atoms in total. The number of nitrogens with one attached hydrogen (secondary N) is 1. The van der Waals surface area contributed by atoms with Crippen molar-refractivity contribution in [3.05, 3.63) is 34.4 Å². The predicted octanol–water partition coefficient (Wildman–Crippen LogP) is 5.36. The second kappa shape index (κ2) is 7.77. The van der Waals surface area contributed by atoms with Crippen LogP contribution in [0.4, 0.5) is 13.2 Å². The fraction of sp³-hybridized carbons (Fsp3) is 0.500. The maximum absolute atomic E-state index is 13.8. The highest BCUT2D eigenvalue weighted by Crippen LogP contribution is 2.39.